The van der Waals surface area contributed by atoms with Crippen molar-refractivity contribution in [1.29, 1.82) is 0 Å². The molecule has 0 aliphatic heterocycles. The van der Waals surface area contributed by atoms with E-state index in [2.05, 4.69) is 0 Å². The van der Waals surface area contributed by atoms with E-state index in [9.17, 15) is 4.79 Å². The van der Waals surface area contributed by atoms with Crippen LogP contribution in [0.3, 0.4) is 0 Å². The first-order valence-corrected chi connectivity index (χ1v) is 4.34. The Morgan fingerprint density at radius 3 is 2.64 bits per heavy atom. The lowest BCUT2D eigenvalue weighted by molar-refractivity contribution is -0.141. The maximum absolute atomic E-state index is 10.3. The van der Waals surface area contributed by atoms with Gasteiger partial charge in [-0.1, -0.05) is 0 Å². The molecule has 0 radical (unpaired) electrons. The highest BCUT2D eigenvalue weighted by Gasteiger charge is 1.96. The van der Waals surface area contributed by atoms with Gasteiger partial charge in [0.15, 0.2) is 0 Å². The van der Waals surface area contributed by atoms with Crippen LogP contribution in [-0.4, -0.2) is 18.0 Å². The summed E-state index contributed by atoms with van der Waals surface area (Å²) in [6.45, 7) is 3.91. The summed E-state index contributed by atoms with van der Waals surface area (Å²) in [6.07, 6.45) is 2.93. The molecule has 0 aromatic carbocycles. The number of hydrogen-bond acceptors (Lipinski definition) is 2. The van der Waals surface area contributed by atoms with E-state index >= 15 is 0 Å². The van der Waals surface area contributed by atoms with Crippen LogP contribution in [0.1, 0.15) is 33.1 Å². The second-order valence-corrected chi connectivity index (χ2v) is 3.36. The third kappa shape index (κ3) is 9.76. The predicted molar refractivity (Wildman–Crippen MR) is 45.8 cm³/mol. The van der Waals surface area contributed by atoms with E-state index < -0.39 is 0 Å². The van der Waals surface area contributed by atoms with Gasteiger partial charge in [-0.15, -0.1) is 11.6 Å². The fourth-order valence-electron chi connectivity index (χ4n) is 0.744. The van der Waals surface area contributed by atoms with Crippen molar-refractivity contribution in [2.75, 3.05) is 6.61 Å². The Morgan fingerprint density at radius 2 is 2.18 bits per heavy atom. The van der Waals surface area contributed by atoms with Gasteiger partial charge in [-0.25, -0.2) is 0 Å². The SMILES string of the molecule is CC(=O)OCCCCC(C)Cl. The van der Waals surface area contributed by atoms with E-state index in [4.69, 9.17) is 16.3 Å². The highest BCUT2D eigenvalue weighted by molar-refractivity contribution is 6.20. The van der Waals surface area contributed by atoms with Crippen LogP contribution in [0.2, 0.25) is 0 Å². The molecule has 0 aromatic heterocycles. The van der Waals surface area contributed by atoms with Crippen molar-refractivity contribution in [3.05, 3.63) is 0 Å². The van der Waals surface area contributed by atoms with Crippen LogP contribution >= 0.6 is 11.6 Å². The zero-order chi connectivity index (χ0) is 8.69. The van der Waals surface area contributed by atoms with E-state index in [1.165, 1.54) is 6.92 Å². The van der Waals surface area contributed by atoms with Gasteiger partial charge in [0.25, 0.3) is 0 Å². The lowest BCUT2D eigenvalue weighted by Gasteiger charge is -2.02. The standard InChI is InChI=1S/C8H15ClO2/c1-7(9)5-3-4-6-11-8(2)10/h7H,3-6H2,1-2H3. The molecular weight excluding hydrogens is 164 g/mol. The van der Waals surface area contributed by atoms with Gasteiger partial charge in [-0.2, -0.15) is 0 Å². The van der Waals surface area contributed by atoms with E-state index in [0.29, 0.717) is 6.61 Å². The van der Waals surface area contributed by atoms with Crippen LogP contribution in [-0.2, 0) is 9.53 Å². The molecule has 0 heterocycles. The third-order valence-corrected chi connectivity index (χ3v) is 1.52. The summed E-state index contributed by atoms with van der Waals surface area (Å²) in [7, 11) is 0. The molecule has 2 nitrogen and oxygen atoms in total. The maximum Gasteiger partial charge on any atom is 0.302 e. The number of unbranched alkanes of at least 4 members (excludes halogenated alkanes) is 1. The van der Waals surface area contributed by atoms with Gasteiger partial charge < -0.3 is 4.74 Å². The molecule has 0 bridgehead atoms. The van der Waals surface area contributed by atoms with Crippen molar-refractivity contribution >= 4 is 17.6 Å². The van der Waals surface area contributed by atoms with Crippen LogP contribution < -0.4 is 0 Å². The second kappa shape index (κ2) is 6.47. The lowest BCUT2D eigenvalue weighted by atomic mass is 10.2. The van der Waals surface area contributed by atoms with Gasteiger partial charge in [0.2, 0.25) is 0 Å². The summed E-state index contributed by atoms with van der Waals surface area (Å²) < 4.78 is 4.74. The Morgan fingerprint density at radius 1 is 1.55 bits per heavy atom. The summed E-state index contributed by atoms with van der Waals surface area (Å²) >= 11 is 5.71. The summed E-state index contributed by atoms with van der Waals surface area (Å²) in [5.41, 5.74) is 0. The van der Waals surface area contributed by atoms with Crippen molar-refractivity contribution in [2.24, 2.45) is 0 Å². The van der Waals surface area contributed by atoms with Crippen LogP contribution in [0.15, 0.2) is 0 Å². The minimum atomic E-state index is -0.205. The van der Waals surface area contributed by atoms with Crippen LogP contribution in [0.5, 0.6) is 0 Å². The average molecular weight is 179 g/mol. The summed E-state index contributed by atoms with van der Waals surface area (Å²) in [5.74, 6) is -0.205. The first-order chi connectivity index (χ1) is 5.13. The molecule has 0 N–H and O–H groups in total. The number of carbonyl (C=O) groups excluding carboxylic acids is 1. The lowest BCUT2D eigenvalue weighted by Crippen LogP contribution is -2.01. The van der Waals surface area contributed by atoms with Gasteiger partial charge in [0.1, 0.15) is 0 Å². The molecule has 11 heavy (non-hydrogen) atoms. The topological polar surface area (TPSA) is 26.3 Å². The highest BCUT2D eigenvalue weighted by atomic mass is 35.5. The molecule has 1 atom stereocenters. The minimum absolute atomic E-state index is 0.205. The zero-order valence-corrected chi connectivity index (χ0v) is 7.86. The second-order valence-electron chi connectivity index (χ2n) is 2.62. The summed E-state index contributed by atoms with van der Waals surface area (Å²) in [4.78, 5) is 10.3. The molecule has 0 aliphatic rings. The average Bonchev–Trinajstić information content (AvgIpc) is 1.85. The van der Waals surface area contributed by atoms with Gasteiger partial charge in [-0.05, 0) is 26.2 Å². The summed E-state index contributed by atoms with van der Waals surface area (Å²) in [5, 5.41) is 0.229. The van der Waals surface area contributed by atoms with Crippen molar-refractivity contribution in [2.45, 2.75) is 38.5 Å². The van der Waals surface area contributed by atoms with Crippen LogP contribution in [0.4, 0.5) is 0 Å². The molecule has 0 aliphatic carbocycles. The Kier molecular flexibility index (Phi) is 6.33. The van der Waals surface area contributed by atoms with Gasteiger partial charge >= 0.3 is 5.97 Å². The molecule has 0 amide bonds. The highest BCUT2D eigenvalue weighted by Crippen LogP contribution is 2.05. The number of rotatable bonds is 5. The Hall–Kier alpha value is -0.240. The van der Waals surface area contributed by atoms with E-state index in [0.717, 1.165) is 19.3 Å². The molecule has 0 saturated heterocycles. The fraction of sp³-hybridized carbons (Fsp3) is 0.875. The van der Waals surface area contributed by atoms with E-state index in [1.807, 2.05) is 6.92 Å². The van der Waals surface area contributed by atoms with Crippen molar-refractivity contribution in [3.8, 4) is 0 Å². The van der Waals surface area contributed by atoms with Crippen molar-refractivity contribution in [1.82, 2.24) is 0 Å². The molecule has 3 heteroatoms. The number of alkyl halides is 1. The minimum Gasteiger partial charge on any atom is -0.466 e. The van der Waals surface area contributed by atoms with Crippen molar-refractivity contribution in [3.63, 3.8) is 0 Å². The Bertz CT molecular complexity index is 113. The number of ether oxygens (including phenoxy) is 1. The van der Waals surface area contributed by atoms with Crippen LogP contribution in [0, 0.1) is 0 Å². The molecule has 0 saturated carbocycles. The first-order valence-electron chi connectivity index (χ1n) is 3.90. The molecule has 0 fully saturated rings. The molecular formula is C8H15ClO2. The molecule has 1 unspecified atom stereocenters. The predicted octanol–water partition coefficient (Wildman–Crippen LogP) is 2.35. The van der Waals surface area contributed by atoms with Crippen LogP contribution in [0.25, 0.3) is 0 Å². The Labute approximate surface area is 72.9 Å². The fourth-order valence-corrected chi connectivity index (χ4v) is 0.898. The third-order valence-electron chi connectivity index (χ3n) is 1.30. The molecule has 0 aromatic rings. The quantitative estimate of drug-likeness (QED) is 0.367. The van der Waals surface area contributed by atoms with Gasteiger partial charge in [0.05, 0.1) is 6.61 Å². The molecule has 0 rings (SSSR count). The maximum atomic E-state index is 10.3. The number of carbonyl (C=O) groups is 1. The van der Waals surface area contributed by atoms with Gasteiger partial charge in [-0.3, -0.25) is 4.79 Å². The molecule has 0 spiro atoms. The zero-order valence-electron chi connectivity index (χ0n) is 7.10. The Balaban J connectivity index is 2.97. The number of esters is 1. The van der Waals surface area contributed by atoms with E-state index in [-0.39, 0.29) is 11.3 Å². The smallest absolute Gasteiger partial charge is 0.302 e. The largest absolute Gasteiger partial charge is 0.466 e. The summed E-state index contributed by atoms with van der Waals surface area (Å²) in [6, 6.07) is 0. The monoisotopic (exact) mass is 178 g/mol. The number of halogens is 1. The normalized spacial score (nSPS) is 12.6. The van der Waals surface area contributed by atoms with Crippen molar-refractivity contribution < 1.29 is 9.53 Å². The van der Waals surface area contributed by atoms with Gasteiger partial charge in [0, 0.05) is 12.3 Å². The van der Waals surface area contributed by atoms with E-state index in [1.54, 1.807) is 0 Å². The first kappa shape index (κ1) is 10.8. The molecule has 66 valence electrons. The number of hydrogen-bond donors (Lipinski definition) is 0.